The summed E-state index contributed by atoms with van der Waals surface area (Å²) in [6, 6.07) is 15.6. The van der Waals surface area contributed by atoms with Gasteiger partial charge in [0.25, 0.3) is 5.56 Å². The van der Waals surface area contributed by atoms with Crippen molar-refractivity contribution in [3.63, 3.8) is 0 Å². The maximum absolute atomic E-state index is 13.0. The van der Waals surface area contributed by atoms with Gasteiger partial charge in [0.2, 0.25) is 5.91 Å². The van der Waals surface area contributed by atoms with Crippen LogP contribution in [0.5, 0.6) is 0 Å². The highest BCUT2D eigenvalue weighted by Gasteiger charge is 2.17. The summed E-state index contributed by atoms with van der Waals surface area (Å²) in [7, 11) is 0. The Morgan fingerprint density at radius 1 is 1.03 bits per heavy atom. The van der Waals surface area contributed by atoms with Crippen molar-refractivity contribution in [3.05, 3.63) is 87.7 Å². The molecule has 0 bridgehead atoms. The Bertz CT molecular complexity index is 1310. The van der Waals surface area contributed by atoms with Crippen LogP contribution in [-0.4, -0.2) is 25.5 Å². The van der Waals surface area contributed by atoms with Crippen molar-refractivity contribution in [3.8, 4) is 5.69 Å². The molecule has 1 N–H and O–H groups in total. The van der Waals surface area contributed by atoms with E-state index in [2.05, 4.69) is 15.5 Å². The molecule has 0 radical (unpaired) electrons. The second-order valence-corrected chi connectivity index (χ2v) is 7.68. The molecule has 2 heterocycles. The molecule has 0 aliphatic rings. The van der Waals surface area contributed by atoms with E-state index < -0.39 is 0 Å². The molecule has 0 spiro atoms. The van der Waals surface area contributed by atoms with Gasteiger partial charge in [-0.15, -0.1) is 0 Å². The van der Waals surface area contributed by atoms with Gasteiger partial charge in [0.05, 0.1) is 22.5 Å². The number of halogens is 1. The van der Waals surface area contributed by atoms with Gasteiger partial charge in [-0.1, -0.05) is 30.3 Å². The molecular weight excluding hydrogens is 409 g/mol. The molecule has 0 aliphatic heterocycles. The van der Waals surface area contributed by atoms with E-state index in [1.807, 2.05) is 44.2 Å². The Labute approximate surface area is 184 Å². The number of carbonyl (C=O) groups excluding carboxylic acids is 1. The van der Waals surface area contributed by atoms with Crippen LogP contribution in [0.25, 0.3) is 16.6 Å². The summed E-state index contributed by atoms with van der Waals surface area (Å²) in [6.45, 7) is 4.43. The van der Waals surface area contributed by atoms with E-state index in [-0.39, 0.29) is 23.7 Å². The van der Waals surface area contributed by atoms with Gasteiger partial charge < -0.3 is 5.32 Å². The number of carbonyl (C=O) groups is 1. The molecule has 2 aromatic heterocycles. The third-order valence-corrected chi connectivity index (χ3v) is 5.36. The highest BCUT2D eigenvalue weighted by atomic mass is 19.1. The highest BCUT2D eigenvalue weighted by Crippen LogP contribution is 2.21. The number of benzene rings is 2. The number of para-hydroxylation sites is 1. The Morgan fingerprint density at radius 3 is 2.47 bits per heavy atom. The minimum Gasteiger partial charge on any atom is -0.352 e. The smallest absolute Gasteiger partial charge is 0.295 e. The van der Waals surface area contributed by atoms with Crippen molar-refractivity contribution in [1.29, 1.82) is 0 Å². The van der Waals surface area contributed by atoms with Crippen LogP contribution in [0.1, 0.15) is 29.8 Å². The first-order chi connectivity index (χ1) is 15.4. The summed E-state index contributed by atoms with van der Waals surface area (Å²) < 4.78 is 16.1. The minimum atomic E-state index is -0.311. The van der Waals surface area contributed by atoms with Crippen LogP contribution >= 0.6 is 0 Å². The second-order valence-electron chi connectivity index (χ2n) is 7.68. The molecule has 0 fully saturated rings. The molecule has 0 aliphatic carbocycles. The lowest BCUT2D eigenvalue weighted by Crippen LogP contribution is -2.26. The molecule has 0 atom stereocenters. The lowest BCUT2D eigenvalue weighted by Gasteiger charge is -2.08. The SMILES string of the molecule is Cc1nn(CCCC(=O)NCc2ccc(F)cc2)c(=O)c2nn(-c3ccccc3)c(C)c12. The van der Waals surface area contributed by atoms with E-state index >= 15 is 0 Å². The van der Waals surface area contributed by atoms with Crippen molar-refractivity contribution in [2.24, 2.45) is 0 Å². The fourth-order valence-corrected chi connectivity index (χ4v) is 3.74. The standard InChI is InChI=1S/C24H24FN5O2/c1-16-22-17(2)30(20-7-4-3-5-8-20)28-23(22)24(32)29(27-16)14-6-9-21(31)26-15-18-10-12-19(25)13-11-18/h3-5,7-8,10-13H,6,9,14-15H2,1-2H3,(H,26,31). The number of amides is 1. The lowest BCUT2D eigenvalue weighted by molar-refractivity contribution is -0.121. The number of aryl methyl sites for hydroxylation is 3. The monoisotopic (exact) mass is 433 g/mol. The first-order valence-corrected chi connectivity index (χ1v) is 10.5. The molecule has 0 saturated carbocycles. The predicted molar refractivity (Wildman–Crippen MR) is 120 cm³/mol. The van der Waals surface area contributed by atoms with Crippen LogP contribution < -0.4 is 10.9 Å². The fourth-order valence-electron chi connectivity index (χ4n) is 3.74. The van der Waals surface area contributed by atoms with E-state index in [1.165, 1.54) is 16.8 Å². The number of nitrogens with one attached hydrogen (secondary N) is 1. The first-order valence-electron chi connectivity index (χ1n) is 10.5. The van der Waals surface area contributed by atoms with Crippen LogP contribution in [0.15, 0.2) is 59.4 Å². The van der Waals surface area contributed by atoms with E-state index in [0.717, 1.165) is 28.0 Å². The Kier molecular flexibility index (Phi) is 6.11. The zero-order valence-corrected chi connectivity index (χ0v) is 18.0. The molecule has 4 rings (SSSR count). The zero-order valence-electron chi connectivity index (χ0n) is 18.0. The van der Waals surface area contributed by atoms with Gasteiger partial charge in [0.1, 0.15) is 5.82 Å². The average molecular weight is 433 g/mol. The molecule has 8 heteroatoms. The van der Waals surface area contributed by atoms with Gasteiger partial charge in [-0.25, -0.2) is 13.8 Å². The molecular formula is C24H24FN5O2. The molecule has 32 heavy (non-hydrogen) atoms. The molecule has 4 aromatic rings. The third-order valence-electron chi connectivity index (χ3n) is 5.36. The summed E-state index contributed by atoms with van der Waals surface area (Å²) in [5, 5.41) is 12.6. The first kappa shape index (κ1) is 21.4. The van der Waals surface area contributed by atoms with Crippen LogP contribution in [-0.2, 0) is 17.9 Å². The normalized spacial score (nSPS) is 11.1. The molecule has 2 aromatic carbocycles. The topological polar surface area (TPSA) is 81.8 Å². The van der Waals surface area contributed by atoms with Crippen molar-refractivity contribution >= 4 is 16.8 Å². The van der Waals surface area contributed by atoms with Crippen LogP contribution in [0, 0.1) is 19.7 Å². The fraction of sp³-hybridized carbons (Fsp3) is 0.250. The number of hydrogen-bond donors (Lipinski definition) is 1. The Hall–Kier alpha value is -3.81. The number of hydrogen-bond acceptors (Lipinski definition) is 4. The van der Waals surface area contributed by atoms with Crippen molar-refractivity contribution in [1.82, 2.24) is 24.9 Å². The minimum absolute atomic E-state index is 0.135. The van der Waals surface area contributed by atoms with Crippen LogP contribution in [0.3, 0.4) is 0 Å². The molecule has 164 valence electrons. The van der Waals surface area contributed by atoms with Crippen molar-refractivity contribution < 1.29 is 9.18 Å². The number of nitrogens with zero attached hydrogens (tertiary/aromatic N) is 4. The van der Waals surface area contributed by atoms with Gasteiger partial charge in [-0.3, -0.25) is 9.59 Å². The summed E-state index contributed by atoms with van der Waals surface area (Å²) in [4.78, 5) is 25.1. The van der Waals surface area contributed by atoms with Crippen molar-refractivity contribution in [2.75, 3.05) is 0 Å². The largest absolute Gasteiger partial charge is 0.352 e. The molecule has 1 amide bonds. The van der Waals surface area contributed by atoms with Crippen LogP contribution in [0.2, 0.25) is 0 Å². The number of fused-ring (bicyclic) bond motifs is 1. The summed E-state index contributed by atoms with van der Waals surface area (Å²) in [6.07, 6.45) is 0.718. The highest BCUT2D eigenvalue weighted by molar-refractivity contribution is 5.83. The van der Waals surface area contributed by atoms with Crippen LogP contribution in [0.4, 0.5) is 4.39 Å². The molecule has 0 saturated heterocycles. The Morgan fingerprint density at radius 2 is 1.75 bits per heavy atom. The zero-order chi connectivity index (χ0) is 22.7. The van der Waals surface area contributed by atoms with E-state index in [0.29, 0.717) is 25.0 Å². The maximum atomic E-state index is 13.0. The summed E-state index contributed by atoms with van der Waals surface area (Å²) >= 11 is 0. The third kappa shape index (κ3) is 4.44. The quantitative estimate of drug-likeness (QED) is 0.484. The van der Waals surface area contributed by atoms with Gasteiger partial charge >= 0.3 is 0 Å². The van der Waals surface area contributed by atoms with Gasteiger partial charge in [-0.05, 0) is 50.1 Å². The summed E-state index contributed by atoms with van der Waals surface area (Å²) in [5.41, 5.74) is 3.39. The average Bonchev–Trinajstić information content (AvgIpc) is 3.15. The molecule has 7 nitrogen and oxygen atoms in total. The van der Waals surface area contributed by atoms with Gasteiger partial charge in [0.15, 0.2) is 5.52 Å². The Balaban J connectivity index is 1.44. The maximum Gasteiger partial charge on any atom is 0.295 e. The van der Waals surface area contributed by atoms with Crippen molar-refractivity contribution in [2.45, 2.75) is 39.8 Å². The predicted octanol–water partition coefficient (Wildman–Crippen LogP) is 3.43. The van der Waals surface area contributed by atoms with E-state index in [9.17, 15) is 14.0 Å². The number of rotatable bonds is 7. The van der Waals surface area contributed by atoms with Gasteiger partial charge in [0, 0.05) is 19.5 Å². The van der Waals surface area contributed by atoms with Gasteiger partial charge in [-0.2, -0.15) is 10.2 Å². The summed E-state index contributed by atoms with van der Waals surface area (Å²) in [5.74, 6) is -0.446. The lowest BCUT2D eigenvalue weighted by atomic mass is 10.2. The second kappa shape index (κ2) is 9.13. The van der Waals surface area contributed by atoms with E-state index in [1.54, 1.807) is 16.8 Å². The molecule has 0 unspecified atom stereocenters. The number of aromatic nitrogens is 4. The van der Waals surface area contributed by atoms with E-state index in [4.69, 9.17) is 0 Å².